The van der Waals surface area contributed by atoms with E-state index in [4.69, 9.17) is 9.47 Å². The predicted molar refractivity (Wildman–Crippen MR) is 77.7 cm³/mol. The van der Waals surface area contributed by atoms with Gasteiger partial charge < -0.3 is 14.0 Å². The molecule has 2 aromatic rings. The summed E-state index contributed by atoms with van der Waals surface area (Å²) in [6.45, 7) is 3.96. The summed E-state index contributed by atoms with van der Waals surface area (Å²) in [5.74, 6) is 1.41. The molecule has 0 atom stereocenters. The van der Waals surface area contributed by atoms with Crippen LogP contribution in [0.3, 0.4) is 0 Å². The average Bonchev–Trinajstić information content (AvgIpc) is 2.73. The minimum Gasteiger partial charge on any atom is -0.497 e. The Morgan fingerprint density at radius 2 is 1.75 bits per heavy atom. The van der Waals surface area contributed by atoms with E-state index in [9.17, 15) is 4.79 Å². The number of nitrogens with zero attached hydrogens (tertiary/aromatic N) is 1. The molecule has 0 spiro atoms. The summed E-state index contributed by atoms with van der Waals surface area (Å²) in [6, 6.07) is 9.08. The lowest BCUT2D eigenvalue weighted by molar-refractivity contribution is 0.0921. The van der Waals surface area contributed by atoms with E-state index >= 15 is 0 Å². The van der Waals surface area contributed by atoms with Gasteiger partial charge in [0.15, 0.2) is 6.61 Å². The van der Waals surface area contributed by atoms with Crippen molar-refractivity contribution in [1.29, 1.82) is 0 Å². The summed E-state index contributed by atoms with van der Waals surface area (Å²) < 4.78 is 12.6. The molecule has 4 heteroatoms. The fraction of sp³-hybridized carbons (Fsp3) is 0.312. The highest BCUT2D eigenvalue weighted by atomic mass is 16.5. The highest BCUT2D eigenvalue weighted by Gasteiger charge is 2.14. The molecular formula is C16H19NO3. The van der Waals surface area contributed by atoms with Crippen LogP contribution >= 0.6 is 0 Å². The lowest BCUT2D eigenvalue weighted by atomic mass is 10.1. The smallest absolute Gasteiger partial charge is 0.202 e. The van der Waals surface area contributed by atoms with E-state index in [0.717, 1.165) is 22.7 Å². The maximum absolute atomic E-state index is 12.2. The lowest BCUT2D eigenvalue weighted by Gasteiger charge is -2.06. The van der Waals surface area contributed by atoms with Gasteiger partial charge in [-0.2, -0.15) is 0 Å². The van der Waals surface area contributed by atoms with E-state index in [1.54, 1.807) is 31.4 Å². The van der Waals surface area contributed by atoms with Crippen LogP contribution in [0.25, 0.3) is 0 Å². The molecule has 1 heterocycles. The molecular weight excluding hydrogens is 254 g/mol. The molecule has 1 aromatic carbocycles. The van der Waals surface area contributed by atoms with Gasteiger partial charge in [0, 0.05) is 24.0 Å². The first kappa shape index (κ1) is 14.2. The minimum absolute atomic E-state index is 0.0120. The number of methoxy groups -OCH3 is 1. The number of benzene rings is 1. The third-order valence-corrected chi connectivity index (χ3v) is 3.50. The van der Waals surface area contributed by atoms with E-state index in [1.165, 1.54) is 0 Å². The van der Waals surface area contributed by atoms with Gasteiger partial charge >= 0.3 is 0 Å². The van der Waals surface area contributed by atoms with Crippen LogP contribution in [-0.4, -0.2) is 24.1 Å². The summed E-state index contributed by atoms with van der Waals surface area (Å²) in [4.78, 5) is 12.2. The molecule has 0 saturated heterocycles. The average molecular weight is 273 g/mol. The summed E-state index contributed by atoms with van der Waals surface area (Å²) in [5, 5.41) is 0. The van der Waals surface area contributed by atoms with E-state index in [0.29, 0.717) is 5.75 Å². The van der Waals surface area contributed by atoms with Gasteiger partial charge in [-0.25, -0.2) is 0 Å². The molecule has 1 aromatic heterocycles. The Morgan fingerprint density at radius 1 is 1.15 bits per heavy atom. The molecule has 0 saturated carbocycles. The van der Waals surface area contributed by atoms with Crippen molar-refractivity contribution in [3.05, 3.63) is 47.3 Å². The number of hydrogen-bond acceptors (Lipinski definition) is 3. The zero-order valence-corrected chi connectivity index (χ0v) is 12.3. The van der Waals surface area contributed by atoms with Gasteiger partial charge in [-0.05, 0) is 44.2 Å². The lowest BCUT2D eigenvalue weighted by Crippen LogP contribution is -2.12. The van der Waals surface area contributed by atoms with Crippen LogP contribution in [0.2, 0.25) is 0 Å². The van der Waals surface area contributed by atoms with Gasteiger partial charge in [0.1, 0.15) is 11.5 Å². The summed E-state index contributed by atoms with van der Waals surface area (Å²) in [7, 11) is 3.56. The standard InChI is InChI=1S/C16H19NO3/c1-11-9-15(12(2)17(11)3)16(18)10-20-14-7-5-13(19-4)6-8-14/h5-9H,10H2,1-4H3. The van der Waals surface area contributed by atoms with E-state index in [-0.39, 0.29) is 12.4 Å². The molecule has 0 aliphatic rings. The molecule has 0 unspecified atom stereocenters. The fourth-order valence-corrected chi connectivity index (χ4v) is 2.04. The molecule has 4 nitrogen and oxygen atoms in total. The first-order valence-electron chi connectivity index (χ1n) is 6.46. The second kappa shape index (κ2) is 5.82. The molecule has 0 amide bonds. The number of aryl methyl sites for hydroxylation is 1. The van der Waals surface area contributed by atoms with Crippen LogP contribution < -0.4 is 9.47 Å². The third-order valence-electron chi connectivity index (χ3n) is 3.50. The number of ether oxygens (including phenoxy) is 2. The summed E-state index contributed by atoms with van der Waals surface area (Å²) in [5.41, 5.74) is 2.75. The SMILES string of the molecule is COc1ccc(OCC(=O)c2cc(C)n(C)c2C)cc1. The Balaban J connectivity index is 2.02. The molecule has 0 aliphatic heterocycles. The Bertz CT molecular complexity index is 611. The number of carbonyl (C=O) groups is 1. The number of Topliss-reactive ketones (excluding diaryl/α,β-unsaturated/α-hetero) is 1. The number of ketones is 1. The fourth-order valence-electron chi connectivity index (χ4n) is 2.04. The van der Waals surface area contributed by atoms with Crippen LogP contribution in [0.1, 0.15) is 21.7 Å². The number of rotatable bonds is 5. The zero-order valence-electron chi connectivity index (χ0n) is 12.3. The molecule has 106 valence electrons. The van der Waals surface area contributed by atoms with Crippen molar-refractivity contribution in [3.8, 4) is 11.5 Å². The van der Waals surface area contributed by atoms with Gasteiger partial charge in [-0.3, -0.25) is 4.79 Å². The van der Waals surface area contributed by atoms with Crippen molar-refractivity contribution in [2.24, 2.45) is 7.05 Å². The van der Waals surface area contributed by atoms with Gasteiger partial charge in [0.05, 0.1) is 7.11 Å². The Kier molecular flexibility index (Phi) is 4.13. The summed E-state index contributed by atoms with van der Waals surface area (Å²) >= 11 is 0. The number of carbonyl (C=O) groups excluding carboxylic acids is 1. The van der Waals surface area contributed by atoms with Crippen molar-refractivity contribution < 1.29 is 14.3 Å². The second-order valence-electron chi connectivity index (χ2n) is 4.73. The Labute approximate surface area is 118 Å². The maximum atomic E-state index is 12.2. The van der Waals surface area contributed by atoms with Gasteiger partial charge in [-0.15, -0.1) is 0 Å². The Hall–Kier alpha value is -2.23. The molecule has 0 bridgehead atoms. The van der Waals surface area contributed by atoms with Crippen molar-refractivity contribution in [1.82, 2.24) is 4.57 Å². The molecule has 0 radical (unpaired) electrons. The summed E-state index contributed by atoms with van der Waals surface area (Å²) in [6.07, 6.45) is 0. The minimum atomic E-state index is -0.0120. The zero-order chi connectivity index (χ0) is 14.7. The van der Waals surface area contributed by atoms with E-state index in [2.05, 4.69) is 0 Å². The maximum Gasteiger partial charge on any atom is 0.202 e. The van der Waals surface area contributed by atoms with Gasteiger partial charge in [0.25, 0.3) is 0 Å². The van der Waals surface area contributed by atoms with Crippen LogP contribution in [0, 0.1) is 13.8 Å². The first-order chi connectivity index (χ1) is 9.52. The Morgan fingerprint density at radius 3 is 2.25 bits per heavy atom. The molecule has 0 aliphatic carbocycles. The highest BCUT2D eigenvalue weighted by molar-refractivity contribution is 5.98. The van der Waals surface area contributed by atoms with Crippen LogP contribution in [0.15, 0.2) is 30.3 Å². The molecule has 2 rings (SSSR count). The molecule has 20 heavy (non-hydrogen) atoms. The van der Waals surface area contributed by atoms with Crippen LogP contribution in [-0.2, 0) is 7.05 Å². The molecule has 0 N–H and O–H groups in total. The highest BCUT2D eigenvalue weighted by Crippen LogP contribution is 2.18. The largest absolute Gasteiger partial charge is 0.497 e. The molecule has 0 fully saturated rings. The van der Waals surface area contributed by atoms with E-state index < -0.39 is 0 Å². The van der Waals surface area contributed by atoms with Gasteiger partial charge in [-0.1, -0.05) is 0 Å². The normalized spacial score (nSPS) is 10.4. The third kappa shape index (κ3) is 2.85. The van der Waals surface area contributed by atoms with E-state index in [1.807, 2.05) is 31.5 Å². The van der Waals surface area contributed by atoms with Gasteiger partial charge in [0.2, 0.25) is 5.78 Å². The quantitative estimate of drug-likeness (QED) is 0.786. The number of hydrogen-bond donors (Lipinski definition) is 0. The van der Waals surface area contributed by atoms with Crippen molar-refractivity contribution in [2.45, 2.75) is 13.8 Å². The van der Waals surface area contributed by atoms with Crippen molar-refractivity contribution >= 4 is 5.78 Å². The first-order valence-corrected chi connectivity index (χ1v) is 6.46. The monoisotopic (exact) mass is 273 g/mol. The van der Waals surface area contributed by atoms with Crippen LogP contribution in [0.4, 0.5) is 0 Å². The number of aromatic nitrogens is 1. The predicted octanol–water partition coefficient (Wildman–Crippen LogP) is 2.91. The van der Waals surface area contributed by atoms with Crippen LogP contribution in [0.5, 0.6) is 11.5 Å². The topological polar surface area (TPSA) is 40.5 Å². The van der Waals surface area contributed by atoms with Crippen molar-refractivity contribution in [3.63, 3.8) is 0 Å². The second-order valence-corrected chi connectivity index (χ2v) is 4.73. The van der Waals surface area contributed by atoms with Crippen molar-refractivity contribution in [2.75, 3.05) is 13.7 Å².